The molecule has 1 aliphatic heterocycles. The van der Waals surface area contributed by atoms with E-state index in [2.05, 4.69) is 19.9 Å². The van der Waals surface area contributed by atoms with Crippen LogP contribution in [0.5, 0.6) is 5.75 Å². The first-order valence-corrected chi connectivity index (χ1v) is 8.91. The lowest BCUT2D eigenvalue weighted by molar-refractivity contribution is 0.215. The van der Waals surface area contributed by atoms with Gasteiger partial charge in [-0.1, -0.05) is 28.9 Å². The third-order valence-electron chi connectivity index (χ3n) is 4.53. The summed E-state index contributed by atoms with van der Waals surface area (Å²) in [6.45, 7) is 4.27. The standard InChI is InChI=1S/C19H19ClN4O2/c20-17-4-2-1-3-16(17)19-21-18(26-22-19)13-23-9-11-24(12-10-23)14-5-7-15(25)8-6-14/h1-8,25H,9-13H2. The molecule has 0 bridgehead atoms. The Kier molecular flexibility index (Phi) is 4.77. The van der Waals surface area contributed by atoms with E-state index < -0.39 is 0 Å². The highest BCUT2D eigenvalue weighted by atomic mass is 35.5. The van der Waals surface area contributed by atoms with Crippen LogP contribution < -0.4 is 4.90 Å². The van der Waals surface area contributed by atoms with Crippen molar-refractivity contribution in [3.05, 3.63) is 59.4 Å². The molecule has 0 saturated carbocycles. The van der Waals surface area contributed by atoms with Gasteiger partial charge in [-0.25, -0.2) is 0 Å². The van der Waals surface area contributed by atoms with Gasteiger partial charge < -0.3 is 14.5 Å². The topological polar surface area (TPSA) is 65.6 Å². The number of phenols is 1. The van der Waals surface area contributed by atoms with Gasteiger partial charge >= 0.3 is 0 Å². The highest BCUT2D eigenvalue weighted by Gasteiger charge is 2.20. The van der Waals surface area contributed by atoms with Crippen molar-refractivity contribution < 1.29 is 9.63 Å². The zero-order valence-corrected chi connectivity index (χ0v) is 14.9. The Balaban J connectivity index is 1.36. The molecule has 0 aliphatic carbocycles. The van der Waals surface area contributed by atoms with Crippen molar-refractivity contribution in [2.24, 2.45) is 0 Å². The van der Waals surface area contributed by atoms with E-state index in [1.807, 2.05) is 36.4 Å². The second-order valence-electron chi connectivity index (χ2n) is 6.27. The number of anilines is 1. The molecule has 2 aromatic carbocycles. The van der Waals surface area contributed by atoms with Crippen LogP contribution in [0, 0.1) is 0 Å². The molecule has 6 nitrogen and oxygen atoms in total. The third-order valence-corrected chi connectivity index (χ3v) is 4.86. The zero-order chi connectivity index (χ0) is 17.9. The Labute approximate surface area is 156 Å². The molecule has 4 rings (SSSR count). The Morgan fingerprint density at radius 2 is 1.73 bits per heavy atom. The summed E-state index contributed by atoms with van der Waals surface area (Å²) in [4.78, 5) is 9.07. The van der Waals surface area contributed by atoms with E-state index in [1.165, 1.54) is 0 Å². The molecule has 1 saturated heterocycles. The number of hydrogen-bond donors (Lipinski definition) is 1. The van der Waals surface area contributed by atoms with Crippen LogP contribution in [0.4, 0.5) is 5.69 Å². The quantitative estimate of drug-likeness (QED) is 0.759. The van der Waals surface area contributed by atoms with Gasteiger partial charge in [0.2, 0.25) is 11.7 Å². The van der Waals surface area contributed by atoms with Crippen LogP contribution in [-0.2, 0) is 6.54 Å². The lowest BCUT2D eigenvalue weighted by Crippen LogP contribution is -2.46. The molecule has 1 aliphatic rings. The number of hydrogen-bond acceptors (Lipinski definition) is 6. The maximum absolute atomic E-state index is 9.40. The number of piperazine rings is 1. The van der Waals surface area contributed by atoms with Crippen molar-refractivity contribution >= 4 is 17.3 Å². The van der Waals surface area contributed by atoms with Crippen molar-refractivity contribution in [3.8, 4) is 17.1 Å². The largest absolute Gasteiger partial charge is 0.508 e. The van der Waals surface area contributed by atoms with Gasteiger partial charge in [0.1, 0.15) is 5.75 Å². The molecule has 0 unspecified atom stereocenters. The highest BCUT2D eigenvalue weighted by Crippen LogP contribution is 2.25. The van der Waals surface area contributed by atoms with E-state index in [0.29, 0.717) is 23.3 Å². The number of phenolic OH excluding ortho intramolecular Hbond substituents is 1. The van der Waals surface area contributed by atoms with Gasteiger partial charge in [-0.2, -0.15) is 4.98 Å². The zero-order valence-electron chi connectivity index (χ0n) is 14.2. The molecular weight excluding hydrogens is 352 g/mol. The van der Waals surface area contributed by atoms with Crippen LogP contribution in [0.2, 0.25) is 5.02 Å². The van der Waals surface area contributed by atoms with Crippen LogP contribution in [0.1, 0.15) is 5.89 Å². The monoisotopic (exact) mass is 370 g/mol. The first kappa shape index (κ1) is 16.9. The van der Waals surface area contributed by atoms with E-state index >= 15 is 0 Å². The molecule has 0 radical (unpaired) electrons. The first-order valence-electron chi connectivity index (χ1n) is 8.53. The minimum absolute atomic E-state index is 0.290. The van der Waals surface area contributed by atoms with Gasteiger partial charge in [-0.15, -0.1) is 0 Å². The summed E-state index contributed by atoms with van der Waals surface area (Å²) >= 11 is 6.19. The molecule has 0 amide bonds. The van der Waals surface area contributed by atoms with E-state index in [-0.39, 0.29) is 5.75 Å². The van der Waals surface area contributed by atoms with Crippen molar-refractivity contribution in [3.63, 3.8) is 0 Å². The molecule has 26 heavy (non-hydrogen) atoms. The molecule has 1 aromatic heterocycles. The number of rotatable bonds is 4. The number of aromatic hydroxyl groups is 1. The number of halogens is 1. The van der Waals surface area contributed by atoms with Crippen LogP contribution in [-0.4, -0.2) is 46.3 Å². The molecule has 0 spiro atoms. The summed E-state index contributed by atoms with van der Waals surface area (Å²) in [7, 11) is 0. The lowest BCUT2D eigenvalue weighted by atomic mass is 10.2. The minimum atomic E-state index is 0.290. The smallest absolute Gasteiger partial charge is 0.241 e. The highest BCUT2D eigenvalue weighted by molar-refractivity contribution is 6.33. The summed E-state index contributed by atoms with van der Waals surface area (Å²) in [5, 5.41) is 14.1. The molecular formula is C19H19ClN4O2. The molecule has 134 valence electrons. The average Bonchev–Trinajstić information content (AvgIpc) is 3.12. The van der Waals surface area contributed by atoms with Gasteiger partial charge in [0.05, 0.1) is 11.6 Å². The molecule has 1 N–H and O–H groups in total. The summed E-state index contributed by atoms with van der Waals surface area (Å²) in [5.74, 6) is 1.41. The fourth-order valence-corrected chi connectivity index (χ4v) is 3.31. The van der Waals surface area contributed by atoms with Gasteiger partial charge in [-0.05, 0) is 36.4 Å². The maximum atomic E-state index is 9.40. The second-order valence-corrected chi connectivity index (χ2v) is 6.68. The first-order chi connectivity index (χ1) is 12.7. The number of aromatic nitrogens is 2. The third kappa shape index (κ3) is 3.66. The van der Waals surface area contributed by atoms with E-state index in [4.69, 9.17) is 16.1 Å². The van der Waals surface area contributed by atoms with E-state index in [0.717, 1.165) is 37.4 Å². The molecule has 3 aromatic rings. The summed E-state index contributed by atoms with van der Waals surface area (Å²) in [6.07, 6.45) is 0. The van der Waals surface area contributed by atoms with E-state index in [1.54, 1.807) is 12.1 Å². The number of nitrogens with zero attached hydrogens (tertiary/aromatic N) is 4. The number of benzene rings is 2. The Hall–Kier alpha value is -2.57. The van der Waals surface area contributed by atoms with Crippen LogP contribution in [0.15, 0.2) is 53.1 Å². The van der Waals surface area contributed by atoms with Crippen LogP contribution in [0.25, 0.3) is 11.4 Å². The Bertz CT molecular complexity index is 873. The van der Waals surface area contributed by atoms with Crippen molar-refractivity contribution in [1.82, 2.24) is 15.0 Å². The fraction of sp³-hybridized carbons (Fsp3) is 0.263. The van der Waals surface area contributed by atoms with Crippen molar-refractivity contribution in [2.45, 2.75) is 6.54 Å². The normalized spacial score (nSPS) is 15.3. The van der Waals surface area contributed by atoms with Gasteiger partial charge in [0.25, 0.3) is 0 Å². The minimum Gasteiger partial charge on any atom is -0.508 e. The molecule has 1 fully saturated rings. The van der Waals surface area contributed by atoms with E-state index in [9.17, 15) is 5.11 Å². The average molecular weight is 371 g/mol. The SMILES string of the molecule is Oc1ccc(N2CCN(Cc3nc(-c4ccccc4Cl)no3)CC2)cc1. The van der Waals surface area contributed by atoms with Crippen LogP contribution >= 0.6 is 11.6 Å². The van der Waals surface area contributed by atoms with Gasteiger partial charge in [0.15, 0.2) is 0 Å². The Morgan fingerprint density at radius 1 is 1.00 bits per heavy atom. The summed E-state index contributed by atoms with van der Waals surface area (Å²) in [5.41, 5.74) is 1.91. The van der Waals surface area contributed by atoms with Gasteiger partial charge in [-0.3, -0.25) is 4.90 Å². The van der Waals surface area contributed by atoms with Crippen molar-refractivity contribution in [2.75, 3.05) is 31.1 Å². The Morgan fingerprint density at radius 3 is 2.46 bits per heavy atom. The predicted octanol–water partition coefficient (Wildman–Crippen LogP) is 3.42. The van der Waals surface area contributed by atoms with Gasteiger partial charge in [0, 0.05) is 37.4 Å². The second kappa shape index (κ2) is 7.35. The predicted molar refractivity (Wildman–Crippen MR) is 100 cm³/mol. The molecule has 0 atom stereocenters. The lowest BCUT2D eigenvalue weighted by Gasteiger charge is -2.35. The summed E-state index contributed by atoms with van der Waals surface area (Å²) in [6, 6.07) is 14.8. The fourth-order valence-electron chi connectivity index (χ4n) is 3.09. The van der Waals surface area contributed by atoms with Crippen molar-refractivity contribution in [1.29, 1.82) is 0 Å². The van der Waals surface area contributed by atoms with Crippen LogP contribution in [0.3, 0.4) is 0 Å². The summed E-state index contributed by atoms with van der Waals surface area (Å²) < 4.78 is 5.40. The molecule has 2 heterocycles. The molecule has 7 heteroatoms. The maximum Gasteiger partial charge on any atom is 0.241 e.